The second-order valence-electron chi connectivity index (χ2n) is 8.08. The van der Waals surface area contributed by atoms with Crippen molar-refractivity contribution in [3.05, 3.63) is 59.7 Å². The number of sulfonamides is 1. The maximum Gasteiger partial charge on any atom is 0.338 e. The van der Waals surface area contributed by atoms with E-state index in [1.165, 1.54) is 40.7 Å². The van der Waals surface area contributed by atoms with Gasteiger partial charge in [0.1, 0.15) is 0 Å². The third kappa shape index (κ3) is 6.28. The van der Waals surface area contributed by atoms with E-state index in [4.69, 9.17) is 9.47 Å². The van der Waals surface area contributed by atoms with Crippen LogP contribution in [0.15, 0.2) is 53.4 Å². The number of ether oxygens (including phenoxy) is 2. The van der Waals surface area contributed by atoms with Crippen LogP contribution < -0.4 is 5.32 Å². The summed E-state index contributed by atoms with van der Waals surface area (Å²) in [5.74, 6) is -1.28. The average Bonchev–Trinajstić information content (AvgIpc) is 2.82. The third-order valence-corrected chi connectivity index (χ3v) is 7.11. The molecule has 0 radical (unpaired) electrons. The molecule has 10 heteroatoms. The lowest BCUT2D eigenvalue weighted by molar-refractivity contribution is -0.115. The van der Waals surface area contributed by atoms with Gasteiger partial charge in [0.15, 0.2) is 12.4 Å². The first kappa shape index (κ1) is 25.5. The Hall–Kier alpha value is -3.08. The Morgan fingerprint density at radius 2 is 1.53 bits per heavy atom. The molecule has 1 heterocycles. The number of anilines is 1. The fraction of sp³-hybridized carbons (Fsp3) is 0.375. The van der Waals surface area contributed by atoms with Crippen LogP contribution in [-0.4, -0.2) is 62.3 Å². The van der Waals surface area contributed by atoms with Gasteiger partial charge in [-0.15, -0.1) is 0 Å². The van der Waals surface area contributed by atoms with E-state index in [1.54, 1.807) is 19.1 Å². The Morgan fingerprint density at radius 1 is 0.971 bits per heavy atom. The highest BCUT2D eigenvalue weighted by Gasteiger charge is 2.32. The van der Waals surface area contributed by atoms with E-state index in [0.29, 0.717) is 17.7 Å². The number of Topliss-reactive ketones (excluding diaryl/α,β-unsaturated/α-hetero) is 1. The summed E-state index contributed by atoms with van der Waals surface area (Å²) in [6.45, 7) is 5.41. The van der Waals surface area contributed by atoms with Crippen molar-refractivity contribution >= 4 is 33.4 Å². The van der Waals surface area contributed by atoms with E-state index in [2.05, 4.69) is 5.32 Å². The van der Waals surface area contributed by atoms with Crippen LogP contribution in [-0.2, 0) is 24.3 Å². The molecule has 0 bridgehead atoms. The van der Waals surface area contributed by atoms with Gasteiger partial charge >= 0.3 is 5.97 Å². The summed E-state index contributed by atoms with van der Waals surface area (Å²) in [7, 11) is -3.72. The highest BCUT2D eigenvalue weighted by Crippen LogP contribution is 2.22. The number of rotatable bonds is 8. The number of amides is 1. The van der Waals surface area contributed by atoms with E-state index in [0.717, 1.165) is 0 Å². The number of ketones is 1. The molecule has 34 heavy (non-hydrogen) atoms. The van der Waals surface area contributed by atoms with Crippen molar-refractivity contribution in [2.75, 3.05) is 25.0 Å². The molecule has 1 amide bonds. The van der Waals surface area contributed by atoms with E-state index in [1.807, 2.05) is 13.8 Å². The number of esters is 1. The normalized spacial score (nSPS) is 18.8. The highest BCUT2D eigenvalue weighted by molar-refractivity contribution is 7.89. The molecule has 1 fully saturated rings. The van der Waals surface area contributed by atoms with Crippen LogP contribution in [0.2, 0.25) is 0 Å². The number of nitrogens with zero attached hydrogens (tertiary/aromatic N) is 1. The lowest BCUT2D eigenvalue weighted by atomic mass is 10.1. The molecule has 2 aromatic rings. The molecule has 0 aromatic heterocycles. The van der Waals surface area contributed by atoms with E-state index < -0.39 is 28.4 Å². The molecule has 2 aromatic carbocycles. The zero-order valence-electron chi connectivity index (χ0n) is 19.3. The standard InChI is InChI=1S/C24H28N2O7S/c1-4-23(28)25-20-9-5-18(6-10-20)22(27)15-32-24(29)19-7-11-21(12-8-19)34(30,31)26-13-16(2)33-17(3)14-26/h5-12,16-17H,4,13-15H2,1-3H3,(H,25,28). The minimum Gasteiger partial charge on any atom is -0.454 e. The number of hydrogen-bond acceptors (Lipinski definition) is 7. The van der Waals surface area contributed by atoms with Crippen molar-refractivity contribution in [1.82, 2.24) is 4.31 Å². The van der Waals surface area contributed by atoms with Crippen molar-refractivity contribution in [3.8, 4) is 0 Å². The van der Waals surface area contributed by atoms with Gasteiger partial charge in [-0.25, -0.2) is 13.2 Å². The average molecular weight is 489 g/mol. The third-order valence-electron chi connectivity index (χ3n) is 5.26. The molecule has 9 nitrogen and oxygen atoms in total. The summed E-state index contributed by atoms with van der Waals surface area (Å²) in [5.41, 5.74) is 1.03. The Balaban J connectivity index is 1.58. The molecular weight excluding hydrogens is 460 g/mol. The van der Waals surface area contributed by atoms with Gasteiger partial charge in [0.25, 0.3) is 0 Å². The quantitative estimate of drug-likeness (QED) is 0.448. The molecule has 1 N–H and O–H groups in total. The Kier molecular flexibility index (Phi) is 8.19. The lowest BCUT2D eigenvalue weighted by Crippen LogP contribution is -2.48. The summed E-state index contributed by atoms with van der Waals surface area (Å²) >= 11 is 0. The molecule has 0 aliphatic carbocycles. The topological polar surface area (TPSA) is 119 Å². The fourth-order valence-corrected chi connectivity index (χ4v) is 5.12. The molecule has 3 rings (SSSR count). The maximum absolute atomic E-state index is 12.9. The van der Waals surface area contributed by atoms with Gasteiger partial charge in [0.2, 0.25) is 15.9 Å². The van der Waals surface area contributed by atoms with Crippen LogP contribution in [0.25, 0.3) is 0 Å². The Morgan fingerprint density at radius 3 is 2.09 bits per heavy atom. The SMILES string of the molecule is CCC(=O)Nc1ccc(C(=O)COC(=O)c2ccc(S(=O)(=O)N3CC(C)OC(C)C3)cc2)cc1. The van der Waals surface area contributed by atoms with Crippen molar-refractivity contribution in [2.24, 2.45) is 0 Å². The van der Waals surface area contributed by atoms with Crippen molar-refractivity contribution in [1.29, 1.82) is 0 Å². The molecule has 1 saturated heterocycles. The van der Waals surface area contributed by atoms with Crippen molar-refractivity contribution in [2.45, 2.75) is 44.3 Å². The van der Waals surface area contributed by atoms with Gasteiger partial charge in [-0.1, -0.05) is 6.92 Å². The first-order valence-corrected chi connectivity index (χ1v) is 12.4. The summed E-state index contributed by atoms with van der Waals surface area (Å²) in [6.07, 6.45) is -0.0805. The number of hydrogen-bond donors (Lipinski definition) is 1. The molecular formula is C24H28N2O7S. The number of nitrogens with one attached hydrogen (secondary N) is 1. The minimum absolute atomic E-state index is 0.0664. The maximum atomic E-state index is 12.9. The number of benzene rings is 2. The smallest absolute Gasteiger partial charge is 0.338 e. The molecule has 1 aliphatic rings. The second kappa shape index (κ2) is 10.9. The van der Waals surface area contributed by atoms with Gasteiger partial charge in [-0.3, -0.25) is 9.59 Å². The first-order valence-electron chi connectivity index (χ1n) is 11.0. The second-order valence-corrected chi connectivity index (χ2v) is 10.0. The number of carbonyl (C=O) groups is 3. The van der Waals surface area contributed by atoms with Crippen LogP contribution >= 0.6 is 0 Å². The zero-order chi connectivity index (χ0) is 24.9. The van der Waals surface area contributed by atoms with Gasteiger partial charge < -0.3 is 14.8 Å². The fourth-order valence-electron chi connectivity index (χ4n) is 3.53. The monoisotopic (exact) mass is 488 g/mol. The van der Waals surface area contributed by atoms with Crippen molar-refractivity contribution in [3.63, 3.8) is 0 Å². The van der Waals surface area contributed by atoms with Crippen LogP contribution in [0.5, 0.6) is 0 Å². The van der Waals surface area contributed by atoms with Gasteiger partial charge in [0, 0.05) is 30.8 Å². The molecule has 1 aliphatic heterocycles. The molecule has 2 atom stereocenters. The predicted molar refractivity (Wildman–Crippen MR) is 125 cm³/mol. The Bertz CT molecular complexity index is 1130. The van der Waals surface area contributed by atoms with Gasteiger partial charge in [0.05, 0.1) is 22.7 Å². The van der Waals surface area contributed by atoms with Crippen LogP contribution in [0.3, 0.4) is 0 Å². The van der Waals surface area contributed by atoms with Crippen LogP contribution in [0, 0.1) is 0 Å². The summed E-state index contributed by atoms with van der Waals surface area (Å²) in [5, 5.41) is 2.68. The van der Waals surface area contributed by atoms with E-state index in [9.17, 15) is 22.8 Å². The molecule has 0 saturated carbocycles. The zero-order valence-corrected chi connectivity index (χ0v) is 20.1. The minimum atomic E-state index is -3.72. The highest BCUT2D eigenvalue weighted by atomic mass is 32.2. The van der Waals surface area contributed by atoms with Gasteiger partial charge in [-0.05, 0) is 62.4 Å². The van der Waals surface area contributed by atoms with E-state index >= 15 is 0 Å². The largest absolute Gasteiger partial charge is 0.454 e. The molecule has 182 valence electrons. The Labute approximate surface area is 199 Å². The lowest BCUT2D eigenvalue weighted by Gasteiger charge is -2.34. The first-order chi connectivity index (χ1) is 16.1. The summed E-state index contributed by atoms with van der Waals surface area (Å²) in [6, 6.07) is 11.7. The predicted octanol–water partition coefficient (Wildman–Crippen LogP) is 2.87. The summed E-state index contributed by atoms with van der Waals surface area (Å²) < 4.78 is 37.9. The molecule has 0 spiro atoms. The van der Waals surface area contributed by atoms with Crippen molar-refractivity contribution < 1.29 is 32.3 Å². The van der Waals surface area contributed by atoms with Crippen LogP contribution in [0.4, 0.5) is 5.69 Å². The number of morpholine rings is 1. The van der Waals surface area contributed by atoms with Crippen LogP contribution in [0.1, 0.15) is 47.9 Å². The number of carbonyl (C=O) groups excluding carboxylic acids is 3. The van der Waals surface area contributed by atoms with E-state index in [-0.39, 0.29) is 41.7 Å². The summed E-state index contributed by atoms with van der Waals surface area (Å²) in [4.78, 5) is 36.1. The van der Waals surface area contributed by atoms with Gasteiger partial charge in [-0.2, -0.15) is 4.31 Å². The molecule has 2 unspecified atom stereocenters.